The predicted molar refractivity (Wildman–Crippen MR) is 102 cm³/mol. The molecule has 2 heterocycles. The summed E-state index contributed by atoms with van der Waals surface area (Å²) < 4.78 is 33.3. The molecule has 142 valence electrons. The molecule has 0 aliphatic carbocycles. The molecular weight excluding hydrogens is 428 g/mol. The maximum Gasteiger partial charge on any atom is 0.410 e. The summed E-state index contributed by atoms with van der Waals surface area (Å²) in [5.74, 6) is 0. The van der Waals surface area contributed by atoms with Crippen molar-refractivity contribution in [3.05, 3.63) is 15.9 Å². The van der Waals surface area contributed by atoms with Crippen LogP contribution in [0.15, 0.2) is 20.1 Å². The zero-order valence-corrected chi connectivity index (χ0v) is 18.2. The quantitative estimate of drug-likeness (QED) is 0.693. The van der Waals surface area contributed by atoms with Gasteiger partial charge in [-0.25, -0.2) is 13.2 Å². The first-order valence-electron chi connectivity index (χ1n) is 8.22. The molecule has 0 radical (unpaired) electrons. The van der Waals surface area contributed by atoms with E-state index in [0.717, 1.165) is 23.0 Å². The summed E-state index contributed by atoms with van der Waals surface area (Å²) >= 11 is 4.48. The van der Waals surface area contributed by atoms with E-state index in [0.29, 0.717) is 10.8 Å². The van der Waals surface area contributed by atoms with Gasteiger partial charge in [0.25, 0.3) is 10.0 Å². The highest BCUT2D eigenvalue weighted by atomic mass is 79.9. The average molecular weight is 453 g/mol. The third kappa shape index (κ3) is 5.42. The Morgan fingerprint density at radius 1 is 1.40 bits per heavy atom. The van der Waals surface area contributed by atoms with Crippen LogP contribution >= 0.6 is 27.3 Å². The Labute approximate surface area is 162 Å². The van der Waals surface area contributed by atoms with Gasteiger partial charge in [-0.1, -0.05) is 0 Å². The summed E-state index contributed by atoms with van der Waals surface area (Å²) in [6.45, 7) is 6.34. The second kappa shape index (κ2) is 7.94. The first-order chi connectivity index (χ1) is 11.5. The number of ether oxygens (including phenoxy) is 1. The van der Waals surface area contributed by atoms with Crippen molar-refractivity contribution in [1.29, 1.82) is 0 Å². The zero-order valence-electron chi connectivity index (χ0n) is 15.0. The second-order valence-electron chi connectivity index (χ2n) is 7.17. The van der Waals surface area contributed by atoms with Gasteiger partial charge in [-0.3, -0.25) is 0 Å². The number of sulfonamides is 1. The van der Waals surface area contributed by atoms with Crippen LogP contribution in [-0.2, 0) is 14.8 Å². The number of likely N-dealkylation sites (N-methyl/N-ethyl adjacent to an activating group) is 1. The molecule has 1 amide bonds. The lowest BCUT2D eigenvalue weighted by molar-refractivity contribution is 0.00829. The van der Waals surface area contributed by atoms with Crippen LogP contribution in [0.3, 0.4) is 0 Å². The van der Waals surface area contributed by atoms with Gasteiger partial charge < -0.3 is 9.64 Å². The number of rotatable bonds is 4. The summed E-state index contributed by atoms with van der Waals surface area (Å²) in [6.07, 6.45) is 2.28. The lowest BCUT2D eigenvalue weighted by Gasteiger charge is -2.38. The van der Waals surface area contributed by atoms with Crippen LogP contribution in [0.2, 0.25) is 0 Å². The van der Waals surface area contributed by atoms with Crippen molar-refractivity contribution in [1.82, 2.24) is 9.21 Å². The molecule has 6 nitrogen and oxygen atoms in total. The van der Waals surface area contributed by atoms with E-state index in [1.165, 1.54) is 15.6 Å². The Kier molecular flexibility index (Phi) is 6.56. The van der Waals surface area contributed by atoms with E-state index < -0.39 is 15.6 Å². The van der Waals surface area contributed by atoms with Crippen LogP contribution < -0.4 is 0 Å². The number of carbonyl (C=O) groups excluding carboxylic acids is 1. The van der Waals surface area contributed by atoms with Crippen molar-refractivity contribution in [3.8, 4) is 0 Å². The van der Waals surface area contributed by atoms with E-state index in [4.69, 9.17) is 4.74 Å². The molecule has 0 unspecified atom stereocenters. The molecule has 25 heavy (non-hydrogen) atoms. The summed E-state index contributed by atoms with van der Waals surface area (Å²) in [4.78, 5) is 14.1. The maximum atomic E-state index is 12.7. The van der Waals surface area contributed by atoms with Crippen LogP contribution in [0.5, 0.6) is 0 Å². The van der Waals surface area contributed by atoms with E-state index in [-0.39, 0.29) is 18.7 Å². The standard InChI is InChI=1S/C16H25BrN2O4S2/c1-16(2,3)23-15(20)19-10-6-5-7-12(19)11-18(4)25(21,22)14-9-8-13(17)24-14/h8-9,12H,5-7,10-11H2,1-4H3/t12-/m1/s1. The van der Waals surface area contributed by atoms with Gasteiger partial charge in [0.15, 0.2) is 0 Å². The molecule has 1 saturated heterocycles. The van der Waals surface area contributed by atoms with Gasteiger partial charge in [-0.15, -0.1) is 11.3 Å². The fourth-order valence-corrected chi connectivity index (χ4v) is 6.17. The summed E-state index contributed by atoms with van der Waals surface area (Å²) in [5.41, 5.74) is -0.569. The Balaban J connectivity index is 2.11. The minimum atomic E-state index is -3.56. The number of nitrogens with zero attached hydrogens (tertiary/aromatic N) is 2. The Morgan fingerprint density at radius 2 is 2.08 bits per heavy atom. The van der Waals surface area contributed by atoms with Gasteiger partial charge in [0.1, 0.15) is 9.81 Å². The molecule has 1 atom stereocenters. The third-order valence-electron chi connectivity index (χ3n) is 3.94. The van der Waals surface area contributed by atoms with Gasteiger partial charge in [0, 0.05) is 26.2 Å². The van der Waals surface area contributed by atoms with Crippen LogP contribution in [-0.4, -0.2) is 55.5 Å². The van der Waals surface area contributed by atoms with Crippen molar-refractivity contribution >= 4 is 43.4 Å². The molecule has 1 aliphatic rings. The molecule has 0 aromatic carbocycles. The highest BCUT2D eigenvalue weighted by molar-refractivity contribution is 9.11. The van der Waals surface area contributed by atoms with E-state index >= 15 is 0 Å². The van der Waals surface area contributed by atoms with Crippen LogP contribution in [0.1, 0.15) is 40.0 Å². The van der Waals surface area contributed by atoms with Gasteiger partial charge in [0.2, 0.25) is 0 Å². The zero-order chi connectivity index (χ0) is 18.8. The van der Waals surface area contributed by atoms with Gasteiger partial charge in [0.05, 0.1) is 3.79 Å². The van der Waals surface area contributed by atoms with E-state index in [2.05, 4.69) is 15.9 Å². The number of carbonyl (C=O) groups is 1. The molecule has 1 aliphatic heterocycles. The number of hydrogen-bond donors (Lipinski definition) is 0. The molecule has 1 aromatic rings. The minimum absolute atomic E-state index is 0.174. The molecule has 2 rings (SSSR count). The monoisotopic (exact) mass is 452 g/mol. The number of amides is 1. The van der Waals surface area contributed by atoms with Crippen molar-refractivity contribution < 1.29 is 17.9 Å². The molecule has 1 fully saturated rings. The Hall–Kier alpha value is -0.640. The van der Waals surface area contributed by atoms with E-state index in [1.54, 1.807) is 24.1 Å². The lowest BCUT2D eigenvalue weighted by atomic mass is 10.0. The number of halogens is 1. The van der Waals surface area contributed by atoms with Crippen LogP contribution in [0, 0.1) is 0 Å². The maximum absolute atomic E-state index is 12.7. The molecular formula is C16H25BrN2O4S2. The Morgan fingerprint density at radius 3 is 2.64 bits per heavy atom. The number of thiophene rings is 1. The largest absolute Gasteiger partial charge is 0.444 e. The van der Waals surface area contributed by atoms with Crippen LogP contribution in [0.25, 0.3) is 0 Å². The lowest BCUT2D eigenvalue weighted by Crippen LogP contribution is -2.51. The fourth-order valence-electron chi connectivity index (χ4n) is 2.74. The first kappa shape index (κ1) is 20.7. The SMILES string of the molecule is CN(C[C@H]1CCCCN1C(=O)OC(C)(C)C)S(=O)(=O)c1ccc(Br)s1. The summed E-state index contributed by atoms with van der Waals surface area (Å²) in [5, 5.41) is 0. The normalized spacial score (nSPS) is 19.3. The van der Waals surface area contributed by atoms with Crippen molar-refractivity contribution in [3.63, 3.8) is 0 Å². The minimum Gasteiger partial charge on any atom is -0.444 e. The summed E-state index contributed by atoms with van der Waals surface area (Å²) in [7, 11) is -2.00. The second-order valence-corrected chi connectivity index (χ2v) is 11.9. The van der Waals surface area contributed by atoms with E-state index in [9.17, 15) is 13.2 Å². The van der Waals surface area contributed by atoms with Crippen molar-refractivity contribution in [2.75, 3.05) is 20.1 Å². The number of piperidine rings is 1. The first-order valence-corrected chi connectivity index (χ1v) is 11.3. The summed E-state index contributed by atoms with van der Waals surface area (Å²) in [6, 6.07) is 3.14. The molecule has 0 N–H and O–H groups in total. The smallest absolute Gasteiger partial charge is 0.410 e. The highest BCUT2D eigenvalue weighted by Crippen LogP contribution is 2.29. The third-order valence-corrected chi connectivity index (χ3v) is 7.85. The molecule has 0 saturated carbocycles. The molecule has 0 bridgehead atoms. The van der Waals surface area contributed by atoms with Gasteiger partial charge in [-0.05, 0) is 68.1 Å². The number of likely N-dealkylation sites (tertiary alicyclic amines) is 1. The molecule has 0 spiro atoms. The van der Waals surface area contributed by atoms with E-state index in [1.807, 2.05) is 20.8 Å². The average Bonchev–Trinajstić information content (AvgIpc) is 2.93. The van der Waals surface area contributed by atoms with Crippen LogP contribution in [0.4, 0.5) is 4.79 Å². The number of hydrogen-bond acceptors (Lipinski definition) is 5. The fraction of sp³-hybridized carbons (Fsp3) is 0.688. The van der Waals surface area contributed by atoms with Crippen molar-refractivity contribution in [2.24, 2.45) is 0 Å². The molecule has 1 aromatic heterocycles. The molecule has 9 heteroatoms. The topological polar surface area (TPSA) is 66.9 Å². The Bertz CT molecular complexity index is 712. The van der Waals surface area contributed by atoms with Gasteiger partial charge >= 0.3 is 6.09 Å². The van der Waals surface area contributed by atoms with Gasteiger partial charge in [-0.2, -0.15) is 4.31 Å². The highest BCUT2D eigenvalue weighted by Gasteiger charge is 2.33. The predicted octanol–water partition coefficient (Wildman–Crippen LogP) is 3.92. The van der Waals surface area contributed by atoms with Crippen molar-refractivity contribution in [2.45, 2.75) is 55.9 Å².